The van der Waals surface area contributed by atoms with Crippen molar-refractivity contribution in [1.82, 2.24) is 15.2 Å². The first-order chi connectivity index (χ1) is 26.5. The van der Waals surface area contributed by atoms with Gasteiger partial charge >= 0.3 is 11.9 Å². The lowest BCUT2D eigenvalue weighted by molar-refractivity contribution is -0.157. The number of β-amino-alcohol motifs (C(OH)–C–C–N with tert-alkyl or cyclic N) is 1. The minimum atomic E-state index is -1.66. The first-order valence-corrected chi connectivity index (χ1v) is 19.0. The first-order valence-electron chi connectivity index (χ1n) is 17.8. The van der Waals surface area contributed by atoms with Crippen LogP contribution in [0.1, 0.15) is 40.7 Å². The monoisotopic (exact) mass is 833 g/mol. The number of carboxylic acid groups (broad SMARTS) is 2. The Kier molecular flexibility index (Phi) is 12.9. The molecule has 1 fully saturated rings. The summed E-state index contributed by atoms with van der Waals surface area (Å²) in [5, 5.41) is 50.9. The van der Waals surface area contributed by atoms with E-state index in [2.05, 4.69) is 61.5 Å². The van der Waals surface area contributed by atoms with Gasteiger partial charge in [0.15, 0.2) is 5.60 Å². The number of nitrogens with zero attached hydrogens (tertiary/aromatic N) is 4. The van der Waals surface area contributed by atoms with E-state index in [1.165, 1.54) is 17.4 Å². The molecular formula is C40H41BrClN5O8. The number of fused-ring (bicyclic) bond motifs is 1. The number of nitriles is 1. The molecule has 0 saturated carbocycles. The van der Waals surface area contributed by atoms with Crippen LogP contribution in [0.3, 0.4) is 0 Å². The number of nitrogens with one attached hydrogen (secondary N) is 1. The summed E-state index contributed by atoms with van der Waals surface area (Å²) in [6.07, 6.45) is 5.00. The van der Waals surface area contributed by atoms with Crippen molar-refractivity contribution in [2.24, 2.45) is 0 Å². The van der Waals surface area contributed by atoms with Gasteiger partial charge in [-0.2, -0.15) is 5.26 Å². The lowest BCUT2D eigenvalue weighted by Gasteiger charge is -2.23. The Labute approximate surface area is 331 Å². The van der Waals surface area contributed by atoms with Crippen molar-refractivity contribution in [3.63, 3.8) is 0 Å². The molecule has 55 heavy (non-hydrogen) atoms. The van der Waals surface area contributed by atoms with Crippen LogP contribution in [0.2, 0.25) is 5.02 Å². The number of hydrogen-bond acceptors (Lipinski definition) is 11. The number of carbonyl (C=O) groups is 2. The van der Waals surface area contributed by atoms with Crippen molar-refractivity contribution in [3.05, 3.63) is 104 Å². The molecule has 1 unspecified atom stereocenters. The summed E-state index contributed by atoms with van der Waals surface area (Å²) in [5.74, 6) is -1.65. The summed E-state index contributed by atoms with van der Waals surface area (Å²) < 4.78 is 13.3. The highest BCUT2D eigenvalue weighted by Gasteiger charge is 2.42. The lowest BCUT2D eigenvalue weighted by atomic mass is 9.96. The lowest BCUT2D eigenvalue weighted by Crippen LogP contribution is -2.41. The quantitative estimate of drug-likeness (QED) is 0.0957. The Bertz CT molecular complexity index is 2100. The van der Waals surface area contributed by atoms with Gasteiger partial charge in [0.25, 0.3) is 0 Å². The Morgan fingerprint density at radius 2 is 1.80 bits per heavy atom. The molecule has 1 saturated heterocycles. The Morgan fingerprint density at radius 1 is 1.02 bits per heavy atom. The Balaban J connectivity index is 1.16. The van der Waals surface area contributed by atoms with Crippen molar-refractivity contribution in [2.75, 3.05) is 44.2 Å². The second-order valence-corrected chi connectivity index (χ2v) is 14.9. The molecule has 2 atom stereocenters. The molecule has 4 aromatic rings. The van der Waals surface area contributed by atoms with E-state index in [0.29, 0.717) is 41.3 Å². The number of carboxylic acids is 2. The maximum Gasteiger partial charge on any atom is 0.337 e. The molecule has 0 radical (unpaired) electrons. The number of hydrogen-bond donors (Lipinski definition) is 5. The van der Waals surface area contributed by atoms with E-state index in [4.69, 9.17) is 21.1 Å². The molecule has 3 heterocycles. The molecule has 2 aliphatic rings. The second kappa shape index (κ2) is 17.8. The zero-order valence-electron chi connectivity index (χ0n) is 29.9. The van der Waals surface area contributed by atoms with Crippen molar-refractivity contribution in [1.29, 1.82) is 5.26 Å². The molecule has 5 N–H and O–H groups in total. The third-order valence-electron chi connectivity index (χ3n) is 9.96. The fraction of sp³-hybridized carbons (Fsp3) is 0.350. The summed E-state index contributed by atoms with van der Waals surface area (Å²) >= 11 is 10.6. The van der Waals surface area contributed by atoms with Gasteiger partial charge in [0.05, 0.1) is 17.2 Å². The molecule has 13 nitrogen and oxygen atoms in total. The smallest absolute Gasteiger partial charge is 0.337 e. The summed E-state index contributed by atoms with van der Waals surface area (Å²) in [5.41, 5.74) is 5.36. The average Bonchev–Trinajstić information content (AvgIpc) is 3.78. The molecule has 2 aliphatic heterocycles. The summed E-state index contributed by atoms with van der Waals surface area (Å²) in [6.45, 7) is 2.79. The molecular weight excluding hydrogens is 794 g/mol. The molecule has 0 amide bonds. The number of aliphatic hydroxyl groups excluding tert-OH is 1. The number of likely N-dealkylation sites (tertiary alicyclic amines) is 1. The highest BCUT2D eigenvalue weighted by atomic mass is 79.9. The molecule has 288 valence electrons. The summed E-state index contributed by atoms with van der Waals surface area (Å²) in [7, 11) is 0. The predicted octanol–water partition coefficient (Wildman–Crippen LogP) is 5.00. The van der Waals surface area contributed by atoms with Gasteiger partial charge in [-0.05, 0) is 70.2 Å². The second-order valence-electron chi connectivity index (χ2n) is 13.7. The molecule has 1 aromatic heterocycles. The van der Waals surface area contributed by atoms with Crippen LogP contribution >= 0.6 is 27.5 Å². The van der Waals surface area contributed by atoms with E-state index < -0.39 is 30.2 Å². The number of pyridine rings is 1. The van der Waals surface area contributed by atoms with Crippen molar-refractivity contribution >= 4 is 45.2 Å². The van der Waals surface area contributed by atoms with Gasteiger partial charge in [-0.3, -0.25) is 20.0 Å². The van der Waals surface area contributed by atoms with Gasteiger partial charge in [-0.15, -0.1) is 0 Å². The highest BCUT2D eigenvalue weighted by Crippen LogP contribution is 2.41. The van der Waals surface area contributed by atoms with Crippen LogP contribution in [-0.4, -0.2) is 93.2 Å². The molecule has 3 aromatic carbocycles. The molecule has 0 bridgehead atoms. The van der Waals surface area contributed by atoms with Gasteiger partial charge in [-0.25, -0.2) is 4.79 Å². The zero-order chi connectivity index (χ0) is 39.1. The van der Waals surface area contributed by atoms with Crippen LogP contribution < -0.4 is 19.7 Å². The predicted molar refractivity (Wildman–Crippen MR) is 208 cm³/mol. The summed E-state index contributed by atoms with van der Waals surface area (Å²) in [6, 6.07) is 18.1. The zero-order valence-corrected chi connectivity index (χ0v) is 32.2. The fourth-order valence-electron chi connectivity index (χ4n) is 6.97. The number of aliphatic hydroxyl groups is 2. The number of anilines is 1. The number of halogens is 2. The average molecular weight is 835 g/mol. The van der Waals surface area contributed by atoms with E-state index >= 15 is 0 Å². The Hall–Kier alpha value is -4.75. The van der Waals surface area contributed by atoms with Crippen LogP contribution in [0.5, 0.6) is 11.5 Å². The molecule has 6 rings (SSSR count). The van der Waals surface area contributed by atoms with Crippen molar-refractivity contribution in [2.45, 2.75) is 50.7 Å². The standard InChI is InChI=1S/C40H41BrClN5O8/c41-37-27(4-1-6-31(37)29-5-2-7-34-30(29)8-12-47(34)11-3-10-46-13-9-40(53,24-46)39(51)52)23-55-36-16-35(54-22-26-14-25(17-43)18-44-19-26)28(15-32(36)42)20-45-33(21-48)38(49)50/h1-2,4-7,14-16,18-19,33,45,48,53H,3,8-13,20-24H2,(H,49,50)(H,51,52)/t33-,40?/m0/s1. The van der Waals surface area contributed by atoms with Crippen LogP contribution in [-0.2, 0) is 35.8 Å². The minimum Gasteiger partial charge on any atom is -0.488 e. The van der Waals surface area contributed by atoms with E-state index in [-0.39, 0.29) is 37.7 Å². The maximum atomic E-state index is 11.5. The SMILES string of the molecule is N#Cc1cncc(COc2cc(OCc3cccc(-c4cccc5c4CCN5CCCN4CCC(O)(C(=O)O)C4)c3Br)c(Cl)cc2CN[C@@H](CO)C(=O)O)c1. The van der Waals surface area contributed by atoms with Gasteiger partial charge in [0.2, 0.25) is 0 Å². The third kappa shape index (κ3) is 9.38. The van der Waals surface area contributed by atoms with Crippen LogP contribution in [0.4, 0.5) is 5.69 Å². The number of aromatic nitrogens is 1. The number of aliphatic carboxylic acids is 2. The van der Waals surface area contributed by atoms with E-state index in [1.807, 2.05) is 17.0 Å². The molecule has 0 spiro atoms. The van der Waals surface area contributed by atoms with Gasteiger partial charge < -0.3 is 34.8 Å². The largest absolute Gasteiger partial charge is 0.488 e. The van der Waals surface area contributed by atoms with Crippen molar-refractivity contribution in [3.8, 4) is 28.7 Å². The van der Waals surface area contributed by atoms with Crippen molar-refractivity contribution < 1.29 is 39.5 Å². The maximum absolute atomic E-state index is 11.5. The minimum absolute atomic E-state index is 0.0331. The highest BCUT2D eigenvalue weighted by molar-refractivity contribution is 9.10. The van der Waals surface area contributed by atoms with Gasteiger partial charge in [0.1, 0.15) is 36.8 Å². The first kappa shape index (κ1) is 39.9. The fourth-order valence-corrected chi connectivity index (χ4v) is 7.81. The van der Waals surface area contributed by atoms with E-state index in [0.717, 1.165) is 47.1 Å². The third-order valence-corrected chi connectivity index (χ3v) is 11.2. The normalized spacial score (nSPS) is 17.1. The molecule has 0 aliphatic carbocycles. The number of ether oxygens (including phenoxy) is 2. The van der Waals surface area contributed by atoms with Crippen LogP contribution in [0, 0.1) is 11.3 Å². The number of benzene rings is 3. The van der Waals surface area contributed by atoms with Crippen LogP contribution in [0.25, 0.3) is 11.1 Å². The number of rotatable bonds is 17. The molecule has 15 heteroatoms. The van der Waals surface area contributed by atoms with Gasteiger partial charge in [0, 0.05) is 84.5 Å². The topological polar surface area (TPSA) is 189 Å². The van der Waals surface area contributed by atoms with E-state index in [1.54, 1.807) is 24.4 Å². The Morgan fingerprint density at radius 3 is 2.55 bits per heavy atom. The van der Waals surface area contributed by atoms with Crippen LogP contribution in [0.15, 0.2) is 71.5 Å². The van der Waals surface area contributed by atoms with E-state index in [9.17, 15) is 35.3 Å². The van der Waals surface area contributed by atoms with Gasteiger partial charge in [-0.1, -0.05) is 41.9 Å². The summed E-state index contributed by atoms with van der Waals surface area (Å²) in [4.78, 5) is 31.4.